The van der Waals surface area contributed by atoms with Gasteiger partial charge in [-0.15, -0.1) is 0 Å². The van der Waals surface area contributed by atoms with Gasteiger partial charge in [0, 0.05) is 49.7 Å². The van der Waals surface area contributed by atoms with Crippen molar-refractivity contribution in [3.05, 3.63) is 40.8 Å². The van der Waals surface area contributed by atoms with Crippen molar-refractivity contribution in [2.45, 2.75) is 38.1 Å². The first kappa shape index (κ1) is 18.0. The molecule has 0 N–H and O–H groups in total. The number of rotatable bonds is 4. The van der Waals surface area contributed by atoms with Gasteiger partial charge in [-0.3, -0.25) is 9.69 Å². The molecule has 1 aromatic carbocycles. The fourth-order valence-corrected chi connectivity index (χ4v) is 4.15. The van der Waals surface area contributed by atoms with Crippen LogP contribution in [0.5, 0.6) is 5.75 Å². The second-order valence-corrected chi connectivity index (χ2v) is 7.45. The number of carbonyl (C=O) groups excluding carboxylic acids is 1. The third-order valence-electron chi connectivity index (χ3n) is 5.71. The molecule has 1 aliphatic carbocycles. The van der Waals surface area contributed by atoms with Gasteiger partial charge in [0.2, 0.25) is 0 Å². The molecule has 4 rings (SSSR count). The lowest BCUT2D eigenvalue weighted by Crippen LogP contribution is -2.53. The summed E-state index contributed by atoms with van der Waals surface area (Å²) < 4.78 is 10.8. The third-order valence-corrected chi connectivity index (χ3v) is 5.71. The second kappa shape index (κ2) is 8.13. The molecular formula is C21H26N2O4. The number of nitrogens with zero attached hydrogens (tertiary/aromatic N) is 2. The van der Waals surface area contributed by atoms with Crippen molar-refractivity contribution in [2.75, 3.05) is 32.8 Å². The van der Waals surface area contributed by atoms with E-state index in [1.54, 1.807) is 18.2 Å². The maximum atomic E-state index is 12.5. The Balaban J connectivity index is 1.29. The summed E-state index contributed by atoms with van der Waals surface area (Å²) in [4.78, 5) is 28.3. The minimum absolute atomic E-state index is 0.00595. The first-order valence-corrected chi connectivity index (χ1v) is 9.87. The average molecular weight is 370 g/mol. The molecule has 2 heterocycles. The Morgan fingerprint density at radius 2 is 1.78 bits per heavy atom. The summed E-state index contributed by atoms with van der Waals surface area (Å²) in [7, 11) is 0. The van der Waals surface area contributed by atoms with E-state index in [0.29, 0.717) is 17.4 Å². The monoisotopic (exact) mass is 370 g/mol. The van der Waals surface area contributed by atoms with E-state index in [1.165, 1.54) is 38.2 Å². The van der Waals surface area contributed by atoms with Gasteiger partial charge < -0.3 is 14.1 Å². The largest absolute Gasteiger partial charge is 0.484 e. The van der Waals surface area contributed by atoms with Gasteiger partial charge in [-0.05, 0) is 31.0 Å². The number of hydrogen-bond donors (Lipinski definition) is 0. The summed E-state index contributed by atoms with van der Waals surface area (Å²) in [6.07, 6.45) is 6.64. The van der Waals surface area contributed by atoms with Crippen LogP contribution in [0.15, 0.2) is 39.5 Å². The van der Waals surface area contributed by atoms with Gasteiger partial charge in [-0.25, -0.2) is 4.79 Å². The Hall–Kier alpha value is -2.34. The van der Waals surface area contributed by atoms with Crippen molar-refractivity contribution in [3.8, 4) is 5.75 Å². The topological polar surface area (TPSA) is 63.0 Å². The maximum Gasteiger partial charge on any atom is 0.336 e. The zero-order valence-corrected chi connectivity index (χ0v) is 15.6. The molecule has 1 aliphatic heterocycles. The van der Waals surface area contributed by atoms with Gasteiger partial charge in [-0.1, -0.05) is 19.3 Å². The van der Waals surface area contributed by atoms with E-state index < -0.39 is 5.63 Å². The van der Waals surface area contributed by atoms with Gasteiger partial charge in [0.1, 0.15) is 11.3 Å². The zero-order chi connectivity index (χ0) is 18.6. The molecule has 1 saturated carbocycles. The number of benzene rings is 1. The van der Waals surface area contributed by atoms with Crippen LogP contribution < -0.4 is 10.4 Å². The van der Waals surface area contributed by atoms with Crippen LogP contribution in [-0.2, 0) is 4.79 Å². The van der Waals surface area contributed by atoms with Crippen molar-refractivity contribution < 1.29 is 13.9 Å². The Kier molecular flexibility index (Phi) is 5.43. The van der Waals surface area contributed by atoms with Crippen LogP contribution in [-0.4, -0.2) is 54.5 Å². The number of piperazine rings is 1. The Morgan fingerprint density at radius 3 is 2.56 bits per heavy atom. The number of carbonyl (C=O) groups is 1. The van der Waals surface area contributed by atoms with Gasteiger partial charge in [0.25, 0.3) is 5.91 Å². The molecule has 0 radical (unpaired) electrons. The summed E-state index contributed by atoms with van der Waals surface area (Å²) in [5.41, 5.74) is 0.0695. The number of hydrogen-bond acceptors (Lipinski definition) is 5. The molecule has 1 aromatic heterocycles. The lowest BCUT2D eigenvalue weighted by atomic mass is 9.94. The van der Waals surface area contributed by atoms with E-state index in [4.69, 9.17) is 9.15 Å². The first-order valence-electron chi connectivity index (χ1n) is 9.87. The fraction of sp³-hybridized carbons (Fsp3) is 0.524. The highest BCUT2D eigenvalue weighted by molar-refractivity contribution is 5.79. The van der Waals surface area contributed by atoms with Gasteiger partial charge >= 0.3 is 5.63 Å². The molecule has 1 saturated heterocycles. The molecule has 0 unspecified atom stereocenters. The van der Waals surface area contributed by atoms with E-state index >= 15 is 0 Å². The summed E-state index contributed by atoms with van der Waals surface area (Å²) in [5.74, 6) is 0.541. The summed E-state index contributed by atoms with van der Waals surface area (Å²) in [6, 6.07) is 9.07. The van der Waals surface area contributed by atoms with Crippen LogP contribution >= 0.6 is 0 Å². The van der Waals surface area contributed by atoms with Crippen molar-refractivity contribution in [1.82, 2.24) is 9.80 Å². The Morgan fingerprint density at radius 1 is 1.04 bits per heavy atom. The number of fused-ring (bicyclic) bond motifs is 1. The van der Waals surface area contributed by atoms with E-state index in [0.717, 1.165) is 31.6 Å². The van der Waals surface area contributed by atoms with Crippen LogP contribution in [0.25, 0.3) is 11.0 Å². The van der Waals surface area contributed by atoms with Crippen LogP contribution in [0.1, 0.15) is 32.1 Å². The summed E-state index contributed by atoms with van der Waals surface area (Å²) in [5, 5.41) is 0.826. The predicted octanol–water partition coefficient (Wildman–Crippen LogP) is 2.65. The number of ether oxygens (including phenoxy) is 1. The molecule has 6 heteroatoms. The Bertz CT molecular complexity index is 849. The highest BCUT2D eigenvalue weighted by Gasteiger charge is 2.27. The van der Waals surface area contributed by atoms with E-state index in [-0.39, 0.29) is 12.5 Å². The van der Waals surface area contributed by atoms with Crippen LogP contribution in [0.3, 0.4) is 0 Å². The normalized spacial score (nSPS) is 19.3. The minimum atomic E-state index is -0.397. The summed E-state index contributed by atoms with van der Waals surface area (Å²) in [6.45, 7) is 3.46. The SMILES string of the molecule is O=C(COc1ccc2ccc(=O)oc2c1)N1CCN(C2CCCCC2)CC1. The van der Waals surface area contributed by atoms with Crippen molar-refractivity contribution in [3.63, 3.8) is 0 Å². The van der Waals surface area contributed by atoms with Crippen LogP contribution in [0, 0.1) is 0 Å². The predicted molar refractivity (Wildman–Crippen MR) is 103 cm³/mol. The molecule has 2 aromatic rings. The third kappa shape index (κ3) is 4.33. The molecule has 144 valence electrons. The maximum absolute atomic E-state index is 12.5. The lowest BCUT2D eigenvalue weighted by molar-refractivity contribution is -0.135. The molecule has 27 heavy (non-hydrogen) atoms. The van der Waals surface area contributed by atoms with E-state index in [9.17, 15) is 9.59 Å². The van der Waals surface area contributed by atoms with Crippen molar-refractivity contribution in [1.29, 1.82) is 0 Å². The molecule has 0 bridgehead atoms. The van der Waals surface area contributed by atoms with Crippen LogP contribution in [0.2, 0.25) is 0 Å². The van der Waals surface area contributed by atoms with Crippen molar-refractivity contribution >= 4 is 16.9 Å². The number of amides is 1. The molecule has 2 fully saturated rings. The molecule has 0 atom stereocenters. The van der Waals surface area contributed by atoms with E-state index in [1.807, 2.05) is 11.0 Å². The highest BCUT2D eigenvalue weighted by Crippen LogP contribution is 2.24. The van der Waals surface area contributed by atoms with E-state index in [2.05, 4.69) is 4.90 Å². The minimum Gasteiger partial charge on any atom is -0.484 e. The summed E-state index contributed by atoms with van der Waals surface area (Å²) >= 11 is 0. The Labute approximate surface area is 158 Å². The second-order valence-electron chi connectivity index (χ2n) is 7.45. The zero-order valence-electron chi connectivity index (χ0n) is 15.6. The molecular weight excluding hydrogens is 344 g/mol. The molecule has 0 spiro atoms. The fourth-order valence-electron chi connectivity index (χ4n) is 4.15. The lowest BCUT2D eigenvalue weighted by Gasteiger charge is -2.40. The van der Waals surface area contributed by atoms with Gasteiger partial charge in [0.15, 0.2) is 6.61 Å². The molecule has 2 aliphatic rings. The standard InChI is InChI=1S/C21H26N2O4/c24-20(23-12-10-22(11-13-23)17-4-2-1-3-5-17)15-26-18-8-6-16-7-9-21(25)27-19(16)14-18/h6-9,14,17H,1-5,10-13,15H2. The smallest absolute Gasteiger partial charge is 0.336 e. The quantitative estimate of drug-likeness (QED) is 0.775. The van der Waals surface area contributed by atoms with Gasteiger partial charge in [0.05, 0.1) is 0 Å². The van der Waals surface area contributed by atoms with Crippen molar-refractivity contribution in [2.24, 2.45) is 0 Å². The first-order chi connectivity index (χ1) is 13.2. The molecule has 1 amide bonds. The van der Waals surface area contributed by atoms with Gasteiger partial charge in [-0.2, -0.15) is 0 Å². The van der Waals surface area contributed by atoms with Crippen LogP contribution in [0.4, 0.5) is 0 Å². The molecule has 6 nitrogen and oxygen atoms in total. The average Bonchev–Trinajstić information content (AvgIpc) is 2.72. The highest BCUT2D eigenvalue weighted by atomic mass is 16.5.